The van der Waals surface area contributed by atoms with Crippen molar-refractivity contribution in [1.29, 1.82) is 0 Å². The monoisotopic (exact) mass is 395 g/mol. The summed E-state index contributed by atoms with van der Waals surface area (Å²) in [5.41, 5.74) is 1.20. The Bertz CT molecular complexity index is 582. The highest BCUT2D eigenvalue weighted by Crippen LogP contribution is 2.26. The molecule has 24 heavy (non-hydrogen) atoms. The van der Waals surface area contributed by atoms with E-state index in [9.17, 15) is 4.79 Å². The first-order valence-electron chi connectivity index (χ1n) is 8.74. The highest BCUT2D eigenvalue weighted by Gasteiger charge is 2.29. The van der Waals surface area contributed by atoms with Gasteiger partial charge in [0, 0.05) is 44.0 Å². The Balaban J connectivity index is 1.50. The van der Waals surface area contributed by atoms with Gasteiger partial charge in [-0.25, -0.2) is 4.98 Å². The Kier molecular flexibility index (Phi) is 5.76. The van der Waals surface area contributed by atoms with Crippen molar-refractivity contribution in [3.8, 4) is 0 Å². The van der Waals surface area contributed by atoms with Crippen LogP contribution in [-0.2, 0) is 9.53 Å². The number of nitrogens with zero attached hydrogens (tertiary/aromatic N) is 3. The van der Waals surface area contributed by atoms with Gasteiger partial charge in [0.2, 0.25) is 5.91 Å². The average Bonchev–Trinajstić information content (AvgIpc) is 3.09. The molecule has 1 amide bonds. The number of rotatable bonds is 4. The largest absolute Gasteiger partial charge is 0.381 e. The van der Waals surface area contributed by atoms with E-state index in [-0.39, 0.29) is 11.8 Å². The maximum atomic E-state index is 12.4. The molecule has 0 aromatic carbocycles. The van der Waals surface area contributed by atoms with Crippen molar-refractivity contribution in [2.75, 3.05) is 44.8 Å². The Labute approximate surface area is 152 Å². The van der Waals surface area contributed by atoms with Crippen LogP contribution in [0.3, 0.4) is 0 Å². The van der Waals surface area contributed by atoms with Gasteiger partial charge in [-0.05, 0) is 59.7 Å². The normalized spacial score (nSPS) is 22.0. The number of anilines is 1. The Hall–Kier alpha value is -1.14. The second-order valence-electron chi connectivity index (χ2n) is 7.00. The van der Waals surface area contributed by atoms with Gasteiger partial charge in [0.15, 0.2) is 0 Å². The molecule has 0 radical (unpaired) electrons. The fraction of sp³-hybridized carbons (Fsp3) is 0.667. The first kappa shape index (κ1) is 17.7. The van der Waals surface area contributed by atoms with Gasteiger partial charge in [0.25, 0.3) is 0 Å². The third-order valence-corrected chi connectivity index (χ3v) is 5.55. The summed E-state index contributed by atoms with van der Waals surface area (Å²) < 4.78 is 6.36. The molecule has 2 aliphatic rings. The fourth-order valence-corrected chi connectivity index (χ4v) is 4.16. The summed E-state index contributed by atoms with van der Waals surface area (Å²) in [4.78, 5) is 21.3. The SMILES string of the molecule is Cc1cc(Br)cnc1N1CCC(CN(C)C(=O)C2CCOC2)CC1. The molecule has 2 aliphatic heterocycles. The molecule has 2 fully saturated rings. The number of halogens is 1. The van der Waals surface area contributed by atoms with E-state index in [1.54, 1.807) is 0 Å². The third-order valence-electron chi connectivity index (χ3n) is 5.12. The average molecular weight is 396 g/mol. The van der Waals surface area contributed by atoms with Crippen LogP contribution in [0.25, 0.3) is 0 Å². The predicted octanol–water partition coefficient (Wildman–Crippen LogP) is 2.86. The summed E-state index contributed by atoms with van der Waals surface area (Å²) >= 11 is 3.47. The second kappa shape index (κ2) is 7.83. The Morgan fingerprint density at radius 1 is 1.42 bits per heavy atom. The lowest BCUT2D eigenvalue weighted by Crippen LogP contribution is -2.41. The van der Waals surface area contributed by atoms with Gasteiger partial charge >= 0.3 is 0 Å². The number of aryl methyl sites for hydroxylation is 1. The standard InChI is InChI=1S/C18H26BrN3O2/c1-13-9-16(19)10-20-17(13)22-6-3-14(4-7-22)11-21(2)18(23)15-5-8-24-12-15/h9-10,14-15H,3-8,11-12H2,1-2H3. The Morgan fingerprint density at radius 3 is 2.79 bits per heavy atom. The van der Waals surface area contributed by atoms with E-state index in [0.717, 1.165) is 55.8 Å². The number of amides is 1. The van der Waals surface area contributed by atoms with E-state index in [2.05, 4.69) is 38.8 Å². The molecular formula is C18H26BrN3O2. The molecule has 3 heterocycles. The van der Waals surface area contributed by atoms with Crippen molar-refractivity contribution < 1.29 is 9.53 Å². The van der Waals surface area contributed by atoms with Crippen LogP contribution in [0.1, 0.15) is 24.8 Å². The molecule has 0 spiro atoms. The van der Waals surface area contributed by atoms with E-state index >= 15 is 0 Å². The van der Waals surface area contributed by atoms with Gasteiger partial charge in [-0.1, -0.05) is 0 Å². The maximum absolute atomic E-state index is 12.4. The topological polar surface area (TPSA) is 45.7 Å². The minimum absolute atomic E-state index is 0.0738. The van der Waals surface area contributed by atoms with Crippen molar-refractivity contribution in [1.82, 2.24) is 9.88 Å². The van der Waals surface area contributed by atoms with Crippen LogP contribution in [0.5, 0.6) is 0 Å². The number of aromatic nitrogens is 1. The van der Waals surface area contributed by atoms with Crippen molar-refractivity contribution in [3.05, 3.63) is 22.3 Å². The molecule has 1 atom stereocenters. The fourth-order valence-electron chi connectivity index (χ4n) is 3.71. The van der Waals surface area contributed by atoms with E-state index in [0.29, 0.717) is 12.5 Å². The molecule has 3 rings (SSSR count). The number of carbonyl (C=O) groups is 1. The van der Waals surface area contributed by atoms with Crippen LogP contribution in [0.15, 0.2) is 16.7 Å². The van der Waals surface area contributed by atoms with Crippen LogP contribution < -0.4 is 4.90 Å². The van der Waals surface area contributed by atoms with E-state index < -0.39 is 0 Å². The van der Waals surface area contributed by atoms with Crippen LogP contribution in [0.2, 0.25) is 0 Å². The minimum Gasteiger partial charge on any atom is -0.381 e. The van der Waals surface area contributed by atoms with Crippen molar-refractivity contribution in [2.24, 2.45) is 11.8 Å². The lowest BCUT2D eigenvalue weighted by Gasteiger charge is -2.35. The number of piperidine rings is 1. The van der Waals surface area contributed by atoms with Gasteiger partial charge in [0.1, 0.15) is 5.82 Å². The van der Waals surface area contributed by atoms with Crippen LogP contribution in [0, 0.1) is 18.8 Å². The molecule has 6 heteroatoms. The Morgan fingerprint density at radius 2 is 2.17 bits per heavy atom. The van der Waals surface area contributed by atoms with Gasteiger partial charge in [-0.15, -0.1) is 0 Å². The summed E-state index contributed by atoms with van der Waals surface area (Å²) in [6.45, 7) is 6.30. The summed E-state index contributed by atoms with van der Waals surface area (Å²) in [6.07, 6.45) is 4.95. The molecule has 1 unspecified atom stereocenters. The lowest BCUT2D eigenvalue weighted by atomic mass is 9.95. The summed E-state index contributed by atoms with van der Waals surface area (Å²) in [7, 11) is 1.94. The van der Waals surface area contributed by atoms with Gasteiger partial charge in [-0.3, -0.25) is 4.79 Å². The molecule has 0 bridgehead atoms. The highest BCUT2D eigenvalue weighted by atomic mass is 79.9. The quantitative estimate of drug-likeness (QED) is 0.785. The first-order chi connectivity index (χ1) is 11.5. The molecule has 0 saturated carbocycles. The predicted molar refractivity (Wildman–Crippen MR) is 98.2 cm³/mol. The number of ether oxygens (including phenoxy) is 1. The van der Waals surface area contributed by atoms with Gasteiger partial charge in [-0.2, -0.15) is 0 Å². The molecule has 0 N–H and O–H groups in total. The van der Waals surface area contributed by atoms with Crippen LogP contribution in [0.4, 0.5) is 5.82 Å². The van der Waals surface area contributed by atoms with E-state index in [4.69, 9.17) is 4.74 Å². The highest BCUT2D eigenvalue weighted by molar-refractivity contribution is 9.10. The van der Waals surface area contributed by atoms with Crippen molar-refractivity contribution in [3.63, 3.8) is 0 Å². The number of carbonyl (C=O) groups excluding carboxylic acids is 1. The summed E-state index contributed by atoms with van der Waals surface area (Å²) in [6, 6.07) is 2.12. The maximum Gasteiger partial charge on any atom is 0.227 e. The zero-order chi connectivity index (χ0) is 17.1. The zero-order valence-corrected chi connectivity index (χ0v) is 16.1. The third kappa shape index (κ3) is 4.09. The van der Waals surface area contributed by atoms with Crippen molar-refractivity contribution >= 4 is 27.7 Å². The van der Waals surface area contributed by atoms with E-state index in [1.165, 1.54) is 5.56 Å². The van der Waals surface area contributed by atoms with Crippen molar-refractivity contribution in [2.45, 2.75) is 26.2 Å². The molecule has 2 saturated heterocycles. The smallest absolute Gasteiger partial charge is 0.227 e. The lowest BCUT2D eigenvalue weighted by molar-refractivity contribution is -0.134. The molecule has 1 aromatic heterocycles. The molecule has 0 aliphatic carbocycles. The first-order valence-corrected chi connectivity index (χ1v) is 9.53. The van der Waals surface area contributed by atoms with Crippen LogP contribution in [-0.4, -0.2) is 55.7 Å². The summed E-state index contributed by atoms with van der Waals surface area (Å²) in [5.74, 6) is 1.99. The minimum atomic E-state index is 0.0738. The molecule has 132 valence electrons. The van der Waals surface area contributed by atoms with Gasteiger partial charge in [0.05, 0.1) is 12.5 Å². The molecular weight excluding hydrogens is 370 g/mol. The molecule has 5 nitrogen and oxygen atoms in total. The van der Waals surface area contributed by atoms with Gasteiger partial charge < -0.3 is 14.5 Å². The number of hydrogen-bond acceptors (Lipinski definition) is 4. The molecule has 1 aromatic rings. The van der Waals surface area contributed by atoms with Crippen LogP contribution >= 0.6 is 15.9 Å². The second-order valence-corrected chi connectivity index (χ2v) is 7.92. The number of hydrogen-bond donors (Lipinski definition) is 0. The zero-order valence-electron chi connectivity index (χ0n) is 14.5. The summed E-state index contributed by atoms with van der Waals surface area (Å²) in [5, 5.41) is 0. The number of pyridine rings is 1. The van der Waals surface area contributed by atoms with E-state index in [1.807, 2.05) is 18.1 Å².